The Hall–Kier alpha value is -2.07. The second kappa shape index (κ2) is 4.49. The van der Waals surface area contributed by atoms with Crippen LogP contribution in [0.2, 0.25) is 0 Å². The van der Waals surface area contributed by atoms with Crippen molar-refractivity contribution in [1.29, 1.82) is 0 Å². The fraction of sp³-hybridized carbons (Fsp3) is 0.125. The van der Waals surface area contributed by atoms with Gasteiger partial charge < -0.3 is 4.57 Å². The highest BCUT2D eigenvalue weighted by atomic mass is 32.2. The van der Waals surface area contributed by atoms with Crippen molar-refractivity contribution in [2.45, 2.75) is 11.6 Å². The molecule has 0 radical (unpaired) electrons. The van der Waals surface area contributed by atoms with Crippen molar-refractivity contribution in [2.75, 3.05) is 0 Å². The van der Waals surface area contributed by atoms with E-state index in [2.05, 4.69) is 45.9 Å². The Morgan fingerprint density at radius 3 is 2.70 bits per heavy atom. The first kappa shape index (κ1) is 11.7. The summed E-state index contributed by atoms with van der Waals surface area (Å²) in [4.78, 5) is 9.37. The number of rotatable bonds is 1. The summed E-state index contributed by atoms with van der Waals surface area (Å²) in [5.41, 5.74) is 4.59. The van der Waals surface area contributed by atoms with Crippen LogP contribution in [-0.2, 0) is 13.5 Å². The molecule has 2 heterocycles. The van der Waals surface area contributed by atoms with Crippen molar-refractivity contribution in [1.82, 2.24) is 9.55 Å². The number of benzene rings is 2. The Morgan fingerprint density at radius 2 is 1.85 bits per heavy atom. The van der Waals surface area contributed by atoms with Crippen molar-refractivity contribution in [3.63, 3.8) is 0 Å². The normalized spacial score (nSPS) is 13.6. The number of aliphatic imine (C=N–C) groups is 1. The molecule has 0 unspecified atom stereocenters. The molecular formula is C16H13N3S. The van der Waals surface area contributed by atoms with Crippen molar-refractivity contribution < 1.29 is 0 Å². The van der Waals surface area contributed by atoms with E-state index in [-0.39, 0.29) is 0 Å². The molecule has 4 rings (SSSR count). The monoisotopic (exact) mass is 279 g/mol. The fourth-order valence-electron chi connectivity index (χ4n) is 2.49. The fourth-order valence-corrected chi connectivity index (χ4v) is 3.45. The van der Waals surface area contributed by atoms with Crippen LogP contribution in [-0.4, -0.2) is 14.6 Å². The molecule has 0 fully saturated rings. The SMILES string of the molecule is Cn1c(SC2=Nc3ccccc3C2)nc2ccccc21. The van der Waals surface area contributed by atoms with E-state index in [0.717, 1.165) is 33.3 Å². The first-order valence-electron chi connectivity index (χ1n) is 6.56. The van der Waals surface area contributed by atoms with E-state index in [9.17, 15) is 0 Å². The largest absolute Gasteiger partial charge is 0.322 e. The third kappa shape index (κ3) is 1.84. The minimum Gasteiger partial charge on any atom is -0.322 e. The Morgan fingerprint density at radius 1 is 1.05 bits per heavy atom. The van der Waals surface area contributed by atoms with Crippen LogP contribution in [0.4, 0.5) is 5.69 Å². The van der Waals surface area contributed by atoms with Crippen LogP contribution in [0.5, 0.6) is 0 Å². The van der Waals surface area contributed by atoms with E-state index in [1.807, 2.05) is 24.3 Å². The standard InChI is InChI=1S/C16H13N3S/c1-19-14-9-5-4-8-13(14)18-16(19)20-15-10-11-6-2-3-7-12(11)17-15/h2-9H,10H2,1H3. The van der Waals surface area contributed by atoms with Gasteiger partial charge >= 0.3 is 0 Å². The van der Waals surface area contributed by atoms with Gasteiger partial charge in [0, 0.05) is 13.5 Å². The second-order valence-corrected chi connectivity index (χ2v) is 5.90. The minimum absolute atomic E-state index is 0.907. The summed E-state index contributed by atoms with van der Waals surface area (Å²) in [7, 11) is 2.06. The minimum atomic E-state index is 0.907. The summed E-state index contributed by atoms with van der Waals surface area (Å²) < 4.78 is 2.13. The Labute approximate surface area is 121 Å². The van der Waals surface area contributed by atoms with Gasteiger partial charge in [0.15, 0.2) is 5.16 Å². The van der Waals surface area contributed by atoms with E-state index in [4.69, 9.17) is 0 Å². The summed E-state index contributed by atoms with van der Waals surface area (Å²) in [5, 5.41) is 2.11. The van der Waals surface area contributed by atoms with Crippen LogP contribution >= 0.6 is 11.8 Å². The molecule has 4 heteroatoms. The van der Waals surface area contributed by atoms with Crippen molar-refractivity contribution in [2.24, 2.45) is 12.0 Å². The molecule has 0 amide bonds. The molecule has 0 spiro atoms. The van der Waals surface area contributed by atoms with E-state index in [1.165, 1.54) is 5.56 Å². The lowest BCUT2D eigenvalue weighted by Crippen LogP contribution is -1.96. The van der Waals surface area contributed by atoms with Crippen LogP contribution in [0, 0.1) is 0 Å². The average molecular weight is 279 g/mol. The topological polar surface area (TPSA) is 30.2 Å². The van der Waals surface area contributed by atoms with Crippen LogP contribution in [0.15, 0.2) is 58.7 Å². The van der Waals surface area contributed by atoms with Crippen LogP contribution in [0.3, 0.4) is 0 Å². The van der Waals surface area contributed by atoms with Gasteiger partial charge in [0.25, 0.3) is 0 Å². The Balaban J connectivity index is 1.68. The summed E-state index contributed by atoms with van der Waals surface area (Å²) in [5.74, 6) is 0. The summed E-state index contributed by atoms with van der Waals surface area (Å²) in [6.07, 6.45) is 0.907. The van der Waals surface area contributed by atoms with Gasteiger partial charge in [0.2, 0.25) is 0 Å². The third-order valence-electron chi connectivity index (χ3n) is 3.53. The zero-order valence-corrected chi connectivity index (χ0v) is 11.9. The van der Waals surface area contributed by atoms with E-state index in [0.29, 0.717) is 0 Å². The first-order chi connectivity index (χ1) is 9.81. The van der Waals surface area contributed by atoms with Gasteiger partial charge in [-0.2, -0.15) is 0 Å². The first-order valence-corrected chi connectivity index (χ1v) is 7.38. The maximum Gasteiger partial charge on any atom is 0.174 e. The molecule has 2 aromatic carbocycles. The lowest BCUT2D eigenvalue weighted by Gasteiger charge is -2.01. The Kier molecular flexibility index (Phi) is 2.63. The molecule has 0 saturated carbocycles. The molecule has 20 heavy (non-hydrogen) atoms. The molecule has 1 aliphatic heterocycles. The quantitative estimate of drug-likeness (QED) is 0.675. The highest BCUT2D eigenvalue weighted by Crippen LogP contribution is 2.33. The predicted octanol–water partition coefficient (Wildman–Crippen LogP) is 3.95. The molecule has 0 bridgehead atoms. The van der Waals surface area contributed by atoms with Gasteiger partial charge in [-0.05, 0) is 35.5 Å². The van der Waals surface area contributed by atoms with Gasteiger partial charge in [0.1, 0.15) is 0 Å². The number of thioether (sulfide) groups is 1. The molecule has 3 nitrogen and oxygen atoms in total. The number of aromatic nitrogens is 2. The van der Waals surface area contributed by atoms with Crippen molar-refractivity contribution >= 4 is 33.5 Å². The Bertz CT molecular complexity index is 833. The summed E-state index contributed by atoms with van der Waals surface area (Å²) in [6.45, 7) is 0. The molecule has 0 atom stereocenters. The van der Waals surface area contributed by atoms with Crippen molar-refractivity contribution in [3.05, 3.63) is 54.1 Å². The molecule has 0 aliphatic carbocycles. The number of hydrogen-bond acceptors (Lipinski definition) is 3. The number of nitrogens with zero attached hydrogens (tertiary/aromatic N) is 3. The summed E-state index contributed by atoms with van der Waals surface area (Å²) >= 11 is 1.66. The van der Waals surface area contributed by atoms with Gasteiger partial charge in [-0.25, -0.2) is 9.98 Å². The highest BCUT2D eigenvalue weighted by Gasteiger charge is 2.17. The second-order valence-electron chi connectivity index (χ2n) is 4.86. The zero-order chi connectivity index (χ0) is 13.5. The van der Waals surface area contributed by atoms with Gasteiger partial charge in [-0.3, -0.25) is 0 Å². The van der Waals surface area contributed by atoms with Crippen LogP contribution < -0.4 is 0 Å². The maximum absolute atomic E-state index is 4.68. The van der Waals surface area contributed by atoms with Gasteiger partial charge in [-0.15, -0.1) is 0 Å². The van der Waals surface area contributed by atoms with E-state index < -0.39 is 0 Å². The smallest absolute Gasteiger partial charge is 0.174 e. The molecule has 1 aliphatic rings. The number of aryl methyl sites for hydroxylation is 1. The van der Waals surface area contributed by atoms with Crippen LogP contribution in [0.1, 0.15) is 5.56 Å². The maximum atomic E-state index is 4.68. The average Bonchev–Trinajstić information content (AvgIpc) is 3.01. The van der Waals surface area contributed by atoms with Gasteiger partial charge in [-0.1, -0.05) is 30.3 Å². The number of fused-ring (bicyclic) bond motifs is 2. The lowest BCUT2D eigenvalue weighted by atomic mass is 10.2. The van der Waals surface area contributed by atoms with E-state index >= 15 is 0 Å². The molecule has 0 saturated heterocycles. The van der Waals surface area contributed by atoms with Gasteiger partial charge in [0.05, 0.1) is 21.8 Å². The predicted molar refractivity (Wildman–Crippen MR) is 83.8 cm³/mol. The molecular weight excluding hydrogens is 266 g/mol. The third-order valence-corrected chi connectivity index (χ3v) is 4.55. The lowest BCUT2D eigenvalue weighted by molar-refractivity contribution is 0.818. The number of para-hydroxylation sites is 3. The summed E-state index contributed by atoms with van der Waals surface area (Å²) in [6, 6.07) is 16.5. The highest BCUT2D eigenvalue weighted by molar-refractivity contribution is 8.13. The van der Waals surface area contributed by atoms with E-state index in [1.54, 1.807) is 11.8 Å². The number of imidazole rings is 1. The molecule has 0 N–H and O–H groups in total. The number of hydrogen-bond donors (Lipinski definition) is 0. The molecule has 3 aromatic rings. The molecule has 98 valence electrons. The van der Waals surface area contributed by atoms with Crippen LogP contribution in [0.25, 0.3) is 11.0 Å². The zero-order valence-electron chi connectivity index (χ0n) is 11.1. The van der Waals surface area contributed by atoms with Crippen molar-refractivity contribution in [3.8, 4) is 0 Å². The molecule has 1 aromatic heterocycles.